The Morgan fingerprint density at radius 1 is 1.35 bits per heavy atom. The summed E-state index contributed by atoms with van der Waals surface area (Å²) in [5.41, 5.74) is 0.160. The first-order chi connectivity index (χ1) is 12.5. The van der Waals surface area contributed by atoms with Gasteiger partial charge in [-0.25, -0.2) is 9.37 Å². The molecule has 1 saturated heterocycles. The predicted molar refractivity (Wildman–Crippen MR) is 98.8 cm³/mol. The maximum atomic E-state index is 14.0. The number of hydrogen-bond acceptors (Lipinski definition) is 6. The van der Waals surface area contributed by atoms with E-state index in [0.29, 0.717) is 43.8 Å². The number of nitrogens with one attached hydrogen (secondary N) is 1. The molecule has 0 saturated carbocycles. The van der Waals surface area contributed by atoms with Crippen LogP contribution in [0.4, 0.5) is 21.8 Å². The fraction of sp³-hybridized carbons (Fsp3) is 0.353. The summed E-state index contributed by atoms with van der Waals surface area (Å²) in [5, 5.41) is 2.69. The van der Waals surface area contributed by atoms with Crippen molar-refractivity contribution in [2.24, 2.45) is 0 Å². The Labute approximate surface area is 155 Å². The van der Waals surface area contributed by atoms with Gasteiger partial charge in [0.2, 0.25) is 5.95 Å². The van der Waals surface area contributed by atoms with Crippen LogP contribution in [0, 0.1) is 5.82 Å². The lowest BCUT2D eigenvalue weighted by atomic mass is 10.2. The number of ether oxygens (including phenoxy) is 1. The molecule has 0 aliphatic carbocycles. The van der Waals surface area contributed by atoms with Crippen molar-refractivity contribution in [1.82, 2.24) is 9.97 Å². The number of carbonyl (C=O) groups is 1. The highest BCUT2D eigenvalue weighted by atomic mass is 35.5. The van der Waals surface area contributed by atoms with E-state index in [-0.39, 0.29) is 10.6 Å². The van der Waals surface area contributed by atoms with Crippen LogP contribution in [0.3, 0.4) is 0 Å². The lowest BCUT2D eigenvalue weighted by Crippen LogP contribution is -2.37. The standard InChI is InChI=1S/C17H19ClFN5O2/c1-23(2)15-13(10-20-17(22-15)24-6-8-26-9-7-24)21-16(25)14-11(18)4-3-5-12(14)19/h3-5,10H,6-9H2,1-2H3,(H,21,25). The number of nitrogens with zero attached hydrogens (tertiary/aromatic N) is 4. The van der Waals surface area contributed by atoms with Gasteiger partial charge in [0.1, 0.15) is 11.5 Å². The van der Waals surface area contributed by atoms with Gasteiger partial charge in [0.05, 0.1) is 30.0 Å². The number of benzene rings is 1. The molecule has 1 aliphatic heterocycles. The normalized spacial score (nSPS) is 14.2. The molecule has 1 aliphatic rings. The molecule has 1 aromatic heterocycles. The molecule has 0 radical (unpaired) electrons. The average Bonchev–Trinajstić information content (AvgIpc) is 2.62. The number of hydrogen-bond donors (Lipinski definition) is 1. The zero-order valence-electron chi connectivity index (χ0n) is 14.5. The smallest absolute Gasteiger partial charge is 0.260 e. The van der Waals surface area contributed by atoms with E-state index in [0.717, 1.165) is 0 Å². The lowest BCUT2D eigenvalue weighted by Gasteiger charge is -2.28. The zero-order chi connectivity index (χ0) is 18.7. The molecule has 1 fully saturated rings. The molecule has 0 bridgehead atoms. The summed E-state index contributed by atoms with van der Waals surface area (Å²) in [6, 6.07) is 4.09. The minimum atomic E-state index is -0.688. The molecule has 26 heavy (non-hydrogen) atoms. The molecule has 2 aromatic rings. The van der Waals surface area contributed by atoms with Gasteiger partial charge < -0.3 is 19.9 Å². The molecule has 0 unspecified atom stereocenters. The Kier molecular flexibility index (Phi) is 5.53. The van der Waals surface area contributed by atoms with E-state index >= 15 is 0 Å². The summed E-state index contributed by atoms with van der Waals surface area (Å²) in [5.74, 6) is -0.271. The quantitative estimate of drug-likeness (QED) is 0.879. The van der Waals surface area contributed by atoms with Crippen molar-refractivity contribution in [3.63, 3.8) is 0 Å². The molecule has 0 atom stereocenters. The van der Waals surface area contributed by atoms with Gasteiger partial charge in [-0.1, -0.05) is 17.7 Å². The average molecular weight is 380 g/mol. The van der Waals surface area contributed by atoms with Crippen LogP contribution < -0.4 is 15.1 Å². The highest BCUT2D eigenvalue weighted by Crippen LogP contribution is 2.26. The van der Waals surface area contributed by atoms with E-state index in [1.807, 2.05) is 4.90 Å². The number of aromatic nitrogens is 2. The highest BCUT2D eigenvalue weighted by Gasteiger charge is 2.20. The fourth-order valence-corrected chi connectivity index (χ4v) is 2.86. The Morgan fingerprint density at radius 3 is 2.73 bits per heavy atom. The van der Waals surface area contributed by atoms with Gasteiger partial charge in [0.15, 0.2) is 5.82 Å². The summed E-state index contributed by atoms with van der Waals surface area (Å²) < 4.78 is 19.3. The van der Waals surface area contributed by atoms with Crippen LogP contribution in [0.1, 0.15) is 10.4 Å². The van der Waals surface area contributed by atoms with E-state index in [1.165, 1.54) is 24.4 Å². The van der Waals surface area contributed by atoms with Crippen LogP contribution in [-0.2, 0) is 4.74 Å². The molecule has 9 heteroatoms. The SMILES string of the molecule is CN(C)c1nc(N2CCOCC2)ncc1NC(=O)c1c(F)cccc1Cl. The van der Waals surface area contributed by atoms with Gasteiger partial charge >= 0.3 is 0 Å². The second-order valence-corrected chi connectivity index (χ2v) is 6.36. The first-order valence-electron chi connectivity index (χ1n) is 8.10. The molecular formula is C17H19ClFN5O2. The van der Waals surface area contributed by atoms with Gasteiger partial charge in [-0.15, -0.1) is 0 Å². The molecule has 138 valence electrons. The van der Waals surface area contributed by atoms with Gasteiger partial charge in [-0.05, 0) is 12.1 Å². The van der Waals surface area contributed by atoms with E-state index in [2.05, 4.69) is 15.3 Å². The second kappa shape index (κ2) is 7.84. The summed E-state index contributed by atoms with van der Waals surface area (Å²) in [7, 11) is 3.61. The van der Waals surface area contributed by atoms with Crippen molar-refractivity contribution < 1.29 is 13.9 Å². The second-order valence-electron chi connectivity index (χ2n) is 5.95. The number of amides is 1. The minimum absolute atomic E-state index is 0.0414. The number of halogens is 2. The van der Waals surface area contributed by atoms with Crippen LogP contribution in [0.15, 0.2) is 24.4 Å². The maximum Gasteiger partial charge on any atom is 0.260 e. The number of carbonyl (C=O) groups excluding carboxylic acids is 1. The molecule has 7 nitrogen and oxygen atoms in total. The van der Waals surface area contributed by atoms with Crippen LogP contribution in [-0.4, -0.2) is 56.3 Å². The molecule has 0 spiro atoms. The monoisotopic (exact) mass is 379 g/mol. The maximum absolute atomic E-state index is 14.0. The summed E-state index contributed by atoms with van der Waals surface area (Å²) in [4.78, 5) is 25.1. The van der Waals surface area contributed by atoms with Crippen LogP contribution in [0.2, 0.25) is 5.02 Å². The Bertz CT molecular complexity index is 791. The van der Waals surface area contributed by atoms with E-state index in [4.69, 9.17) is 16.3 Å². The van der Waals surface area contributed by atoms with Crippen LogP contribution in [0.5, 0.6) is 0 Å². The van der Waals surface area contributed by atoms with Crippen molar-refractivity contribution in [3.8, 4) is 0 Å². The van der Waals surface area contributed by atoms with Crippen molar-refractivity contribution in [2.75, 3.05) is 55.5 Å². The Balaban J connectivity index is 1.88. The first kappa shape index (κ1) is 18.3. The third-order valence-electron chi connectivity index (χ3n) is 3.91. The zero-order valence-corrected chi connectivity index (χ0v) is 15.3. The number of anilines is 3. The topological polar surface area (TPSA) is 70.6 Å². The Morgan fingerprint density at radius 2 is 2.08 bits per heavy atom. The molecule has 3 rings (SSSR count). The van der Waals surface area contributed by atoms with Gasteiger partial charge in [-0.3, -0.25) is 4.79 Å². The van der Waals surface area contributed by atoms with Crippen LogP contribution in [0.25, 0.3) is 0 Å². The van der Waals surface area contributed by atoms with E-state index in [9.17, 15) is 9.18 Å². The molecule has 1 N–H and O–H groups in total. The highest BCUT2D eigenvalue weighted by molar-refractivity contribution is 6.34. The van der Waals surface area contributed by atoms with Crippen molar-refractivity contribution in [2.45, 2.75) is 0 Å². The summed E-state index contributed by atoms with van der Waals surface area (Å²) >= 11 is 5.96. The summed E-state index contributed by atoms with van der Waals surface area (Å²) in [6.07, 6.45) is 1.51. The predicted octanol–water partition coefficient (Wildman–Crippen LogP) is 2.42. The van der Waals surface area contributed by atoms with Crippen LogP contribution >= 0.6 is 11.6 Å². The first-order valence-corrected chi connectivity index (χ1v) is 8.47. The fourth-order valence-electron chi connectivity index (χ4n) is 2.61. The van der Waals surface area contributed by atoms with Gasteiger partial charge in [0.25, 0.3) is 5.91 Å². The molecule has 2 heterocycles. The third-order valence-corrected chi connectivity index (χ3v) is 4.23. The molecular weight excluding hydrogens is 361 g/mol. The lowest BCUT2D eigenvalue weighted by molar-refractivity contribution is 0.102. The number of morpholine rings is 1. The largest absolute Gasteiger partial charge is 0.378 e. The minimum Gasteiger partial charge on any atom is -0.378 e. The molecule has 1 aromatic carbocycles. The van der Waals surface area contributed by atoms with Crippen molar-refractivity contribution >= 4 is 35.0 Å². The summed E-state index contributed by atoms with van der Waals surface area (Å²) in [6.45, 7) is 2.63. The third kappa shape index (κ3) is 3.86. The van der Waals surface area contributed by atoms with Crippen molar-refractivity contribution in [3.05, 3.63) is 40.8 Å². The van der Waals surface area contributed by atoms with Crippen molar-refractivity contribution in [1.29, 1.82) is 0 Å². The number of rotatable bonds is 4. The van der Waals surface area contributed by atoms with Gasteiger partial charge in [-0.2, -0.15) is 4.98 Å². The molecule has 1 amide bonds. The Hall–Kier alpha value is -2.45. The van der Waals surface area contributed by atoms with E-state index in [1.54, 1.807) is 19.0 Å². The van der Waals surface area contributed by atoms with E-state index < -0.39 is 11.7 Å². The van der Waals surface area contributed by atoms with Gasteiger partial charge in [0, 0.05) is 27.2 Å².